The second-order valence-electron chi connectivity index (χ2n) is 6.19. The van der Waals surface area contributed by atoms with Crippen LogP contribution in [0, 0.1) is 0 Å². The first kappa shape index (κ1) is 18.4. The molecule has 0 aliphatic carbocycles. The van der Waals surface area contributed by atoms with E-state index >= 15 is 0 Å². The molecule has 0 aliphatic heterocycles. The lowest BCUT2D eigenvalue weighted by atomic mass is 10.2. The first-order chi connectivity index (χ1) is 14.2. The lowest BCUT2D eigenvalue weighted by Crippen LogP contribution is -2.08. The van der Waals surface area contributed by atoms with Gasteiger partial charge in [-0.25, -0.2) is 4.98 Å². The van der Waals surface area contributed by atoms with E-state index in [1.165, 1.54) is 6.08 Å². The number of nitrogens with zero attached hydrogens (tertiary/aromatic N) is 2. The van der Waals surface area contributed by atoms with Gasteiger partial charge in [-0.3, -0.25) is 4.79 Å². The first-order valence-electron chi connectivity index (χ1n) is 8.97. The molecule has 0 bridgehead atoms. The summed E-state index contributed by atoms with van der Waals surface area (Å²) < 4.78 is 18.4. The lowest BCUT2D eigenvalue weighted by Gasteiger charge is -2.12. The Morgan fingerprint density at radius 3 is 2.93 bits per heavy atom. The Labute approximate surface area is 167 Å². The minimum Gasteiger partial charge on any atom is -0.493 e. The van der Waals surface area contributed by atoms with Crippen molar-refractivity contribution in [1.29, 1.82) is 0 Å². The normalized spacial score (nSPS) is 11.1. The van der Waals surface area contributed by atoms with Gasteiger partial charge in [0.05, 0.1) is 19.1 Å². The third-order valence-corrected chi connectivity index (χ3v) is 4.16. The lowest BCUT2D eigenvalue weighted by molar-refractivity contribution is -0.111. The van der Waals surface area contributed by atoms with Crippen LogP contribution in [0.4, 0.5) is 5.69 Å². The maximum atomic E-state index is 12.1. The molecule has 0 aliphatic rings. The number of hydrogen-bond donors (Lipinski definition) is 1. The Hall–Kier alpha value is -4.00. The molecular weight excluding hydrogens is 370 g/mol. The van der Waals surface area contributed by atoms with Crippen LogP contribution in [0.3, 0.4) is 0 Å². The van der Waals surface area contributed by atoms with Crippen LogP contribution < -0.4 is 14.8 Å². The van der Waals surface area contributed by atoms with Gasteiger partial charge in [-0.05, 0) is 42.5 Å². The van der Waals surface area contributed by atoms with Gasteiger partial charge >= 0.3 is 0 Å². The molecule has 0 unspecified atom stereocenters. The highest BCUT2D eigenvalue weighted by atomic mass is 16.5. The zero-order valence-corrected chi connectivity index (χ0v) is 15.7. The van der Waals surface area contributed by atoms with E-state index in [-0.39, 0.29) is 12.5 Å². The number of benzene rings is 1. The predicted molar refractivity (Wildman–Crippen MR) is 109 cm³/mol. The molecule has 0 fully saturated rings. The molecule has 0 saturated carbocycles. The number of aromatic nitrogens is 2. The molecule has 3 heterocycles. The van der Waals surface area contributed by atoms with Crippen LogP contribution >= 0.6 is 0 Å². The van der Waals surface area contributed by atoms with Crippen LogP contribution in [0.5, 0.6) is 11.5 Å². The molecular formula is C22H19N3O4. The highest BCUT2D eigenvalue weighted by Crippen LogP contribution is 2.31. The van der Waals surface area contributed by atoms with Crippen molar-refractivity contribution in [1.82, 2.24) is 9.38 Å². The van der Waals surface area contributed by atoms with Crippen molar-refractivity contribution in [2.45, 2.75) is 6.61 Å². The summed E-state index contributed by atoms with van der Waals surface area (Å²) in [5.41, 5.74) is 2.22. The largest absolute Gasteiger partial charge is 0.493 e. The number of nitrogens with one attached hydrogen (secondary N) is 1. The predicted octanol–water partition coefficient (Wildman–Crippen LogP) is 4.17. The van der Waals surface area contributed by atoms with Crippen molar-refractivity contribution in [3.63, 3.8) is 0 Å². The standard InChI is InChI=1S/C22H19N3O4/c1-27-19-9-7-16(24-22(26)10-8-18-5-4-12-28-18)13-20(19)29-15-17-14-25-11-3-2-6-21(25)23-17/h2-14H,15H2,1H3,(H,24,26)/b10-8+. The van der Waals surface area contributed by atoms with Gasteiger partial charge in [-0.1, -0.05) is 6.07 Å². The molecule has 1 aromatic carbocycles. The maximum absolute atomic E-state index is 12.1. The van der Waals surface area contributed by atoms with E-state index in [9.17, 15) is 4.79 Å². The molecule has 4 rings (SSSR count). The molecule has 3 aromatic heterocycles. The highest BCUT2D eigenvalue weighted by molar-refractivity contribution is 6.01. The average Bonchev–Trinajstić information content (AvgIpc) is 3.40. The zero-order valence-electron chi connectivity index (χ0n) is 15.7. The van der Waals surface area contributed by atoms with E-state index in [4.69, 9.17) is 13.9 Å². The number of amides is 1. The second kappa shape index (κ2) is 8.35. The number of fused-ring (bicyclic) bond motifs is 1. The van der Waals surface area contributed by atoms with Crippen LogP contribution in [-0.4, -0.2) is 22.4 Å². The van der Waals surface area contributed by atoms with Crippen LogP contribution in [0.2, 0.25) is 0 Å². The number of carbonyl (C=O) groups is 1. The summed E-state index contributed by atoms with van der Waals surface area (Å²) in [7, 11) is 1.57. The average molecular weight is 389 g/mol. The molecule has 29 heavy (non-hydrogen) atoms. The maximum Gasteiger partial charge on any atom is 0.248 e. The van der Waals surface area contributed by atoms with Crippen molar-refractivity contribution in [2.75, 3.05) is 12.4 Å². The summed E-state index contributed by atoms with van der Waals surface area (Å²) in [6.07, 6.45) is 8.39. The van der Waals surface area contributed by atoms with Gasteiger partial charge in [0.2, 0.25) is 5.91 Å². The number of anilines is 1. The van der Waals surface area contributed by atoms with Gasteiger partial charge in [0.1, 0.15) is 18.0 Å². The Balaban J connectivity index is 1.45. The Bertz CT molecular complexity index is 1110. The summed E-state index contributed by atoms with van der Waals surface area (Å²) in [5.74, 6) is 1.40. The van der Waals surface area contributed by atoms with Crippen LogP contribution in [0.1, 0.15) is 11.5 Å². The summed E-state index contributed by atoms with van der Waals surface area (Å²) in [6.45, 7) is 0.272. The topological polar surface area (TPSA) is 78.0 Å². The molecule has 0 atom stereocenters. The SMILES string of the molecule is COc1ccc(NC(=O)/C=C/c2ccco2)cc1OCc1cn2ccccc2n1. The number of furan rings is 1. The van der Waals surface area contributed by atoms with E-state index in [2.05, 4.69) is 10.3 Å². The molecule has 0 spiro atoms. The van der Waals surface area contributed by atoms with Crippen molar-refractivity contribution in [3.8, 4) is 11.5 Å². The quantitative estimate of drug-likeness (QED) is 0.480. The third kappa shape index (κ3) is 4.47. The monoisotopic (exact) mass is 389 g/mol. The highest BCUT2D eigenvalue weighted by Gasteiger charge is 2.09. The van der Waals surface area contributed by atoms with Crippen molar-refractivity contribution >= 4 is 23.3 Å². The Morgan fingerprint density at radius 1 is 1.21 bits per heavy atom. The number of imidazole rings is 1. The molecule has 146 valence electrons. The van der Waals surface area contributed by atoms with Gasteiger partial charge < -0.3 is 23.6 Å². The summed E-state index contributed by atoms with van der Waals surface area (Å²) in [5, 5.41) is 2.79. The van der Waals surface area contributed by atoms with Gasteiger partial charge in [0.25, 0.3) is 0 Å². The molecule has 7 nitrogen and oxygen atoms in total. The number of pyridine rings is 1. The minimum atomic E-state index is -0.280. The molecule has 0 radical (unpaired) electrons. The Kier molecular flexibility index (Phi) is 5.29. The van der Waals surface area contributed by atoms with Gasteiger partial charge in [0.15, 0.2) is 11.5 Å². The van der Waals surface area contributed by atoms with Gasteiger partial charge in [-0.2, -0.15) is 0 Å². The first-order valence-corrected chi connectivity index (χ1v) is 8.97. The zero-order chi connectivity index (χ0) is 20.1. The van der Waals surface area contributed by atoms with Gasteiger partial charge in [0, 0.05) is 30.2 Å². The van der Waals surface area contributed by atoms with Crippen molar-refractivity contribution < 1.29 is 18.7 Å². The van der Waals surface area contributed by atoms with Crippen LogP contribution in [0.15, 0.2) is 77.7 Å². The van der Waals surface area contributed by atoms with E-state index in [1.807, 2.05) is 35.0 Å². The fraction of sp³-hybridized carbons (Fsp3) is 0.0909. The fourth-order valence-corrected chi connectivity index (χ4v) is 2.80. The van der Waals surface area contributed by atoms with Crippen molar-refractivity contribution in [3.05, 3.63) is 84.7 Å². The number of rotatable bonds is 7. The van der Waals surface area contributed by atoms with Crippen LogP contribution in [0.25, 0.3) is 11.7 Å². The molecule has 4 aromatic rings. The molecule has 1 N–H and O–H groups in total. The second-order valence-corrected chi connectivity index (χ2v) is 6.19. The smallest absolute Gasteiger partial charge is 0.248 e. The summed E-state index contributed by atoms with van der Waals surface area (Å²) >= 11 is 0. The van der Waals surface area contributed by atoms with Crippen LogP contribution in [-0.2, 0) is 11.4 Å². The number of carbonyl (C=O) groups excluding carboxylic acids is 1. The van der Waals surface area contributed by atoms with Crippen molar-refractivity contribution in [2.24, 2.45) is 0 Å². The number of ether oxygens (including phenoxy) is 2. The third-order valence-electron chi connectivity index (χ3n) is 4.16. The number of hydrogen-bond acceptors (Lipinski definition) is 5. The summed E-state index contributed by atoms with van der Waals surface area (Å²) in [4.78, 5) is 16.6. The molecule has 7 heteroatoms. The molecule has 0 saturated heterocycles. The van der Waals surface area contributed by atoms with E-state index in [0.717, 1.165) is 11.3 Å². The Morgan fingerprint density at radius 2 is 2.14 bits per heavy atom. The molecule has 1 amide bonds. The summed E-state index contributed by atoms with van der Waals surface area (Å²) in [6, 6.07) is 14.5. The van der Waals surface area contributed by atoms with E-state index in [1.54, 1.807) is 49.8 Å². The van der Waals surface area contributed by atoms with E-state index in [0.29, 0.717) is 22.9 Å². The fourth-order valence-electron chi connectivity index (χ4n) is 2.80. The number of methoxy groups -OCH3 is 1. The minimum absolute atomic E-state index is 0.272. The van der Waals surface area contributed by atoms with Gasteiger partial charge in [-0.15, -0.1) is 0 Å². The van der Waals surface area contributed by atoms with E-state index < -0.39 is 0 Å².